The number of carbonyl (C=O) groups is 3. The number of carbonyl (C=O) groups excluding carboxylic acids is 2. The Morgan fingerprint density at radius 2 is 1.68 bits per heavy atom. The van der Waals surface area contributed by atoms with E-state index in [1.165, 1.54) is 12.1 Å². The molecule has 0 aliphatic heterocycles. The molecular weight excluding hydrogens is 738 g/mol. The largest absolute Gasteiger partial charge is 0.480 e. The van der Waals surface area contributed by atoms with Gasteiger partial charge in [-0.3, -0.25) is 10.1 Å². The lowest BCUT2D eigenvalue weighted by Gasteiger charge is -2.19. The Kier molecular flexibility index (Phi) is 11.6. The minimum atomic E-state index is -1.32. The molecule has 1 atom stereocenters. The van der Waals surface area contributed by atoms with E-state index in [4.69, 9.17) is 20.8 Å². The number of halogens is 3. The topological polar surface area (TPSA) is 118 Å². The van der Waals surface area contributed by atoms with Crippen LogP contribution >= 0.6 is 34.2 Å². The third kappa shape index (κ3) is 10.3. The van der Waals surface area contributed by atoms with Crippen LogP contribution in [-0.2, 0) is 16.0 Å². The van der Waals surface area contributed by atoms with Crippen molar-refractivity contribution in [2.24, 2.45) is 0 Å². The van der Waals surface area contributed by atoms with E-state index in [0.29, 0.717) is 36.7 Å². The van der Waals surface area contributed by atoms with Crippen LogP contribution in [0.25, 0.3) is 20.5 Å². The van der Waals surface area contributed by atoms with E-state index in [1.54, 1.807) is 81.4 Å². The van der Waals surface area contributed by atoms with E-state index in [0.717, 1.165) is 11.1 Å². The van der Waals surface area contributed by atoms with Crippen molar-refractivity contribution >= 4 is 67.0 Å². The Morgan fingerprint density at radius 1 is 1.00 bits per heavy atom. The maximum Gasteiger partial charge on any atom is 0.412 e. The summed E-state index contributed by atoms with van der Waals surface area (Å²) >= 11 is 7.96. The average molecular weight is 771 g/mol. The summed E-state index contributed by atoms with van der Waals surface area (Å²) in [7, 11) is 0. The Bertz CT molecular complexity index is 1830. The van der Waals surface area contributed by atoms with Crippen LogP contribution in [0, 0.1) is 5.82 Å². The van der Waals surface area contributed by atoms with Crippen molar-refractivity contribution < 1.29 is 33.0 Å². The van der Waals surface area contributed by atoms with Crippen molar-refractivity contribution in [1.82, 2.24) is 5.32 Å². The van der Waals surface area contributed by atoms with Crippen molar-refractivity contribution in [1.29, 1.82) is 0 Å². The van der Waals surface area contributed by atoms with Gasteiger partial charge in [0.15, 0.2) is 5.76 Å². The Balaban J connectivity index is 1.39. The quantitative estimate of drug-likeness (QED) is 0.109. The lowest BCUT2D eigenvalue weighted by molar-refractivity contribution is -0.139. The zero-order valence-electron chi connectivity index (χ0n) is 26.1. The number of ether oxygens (including phenoxy) is 1. The first-order valence-electron chi connectivity index (χ1n) is 14.5. The summed E-state index contributed by atoms with van der Waals surface area (Å²) in [5.74, 6) is -2.13. The highest BCUT2D eigenvalue weighted by Gasteiger charge is 2.24. The normalized spacial score (nSPS) is 12.7. The maximum atomic E-state index is 15.2. The van der Waals surface area contributed by atoms with Gasteiger partial charge in [0.05, 0.1) is 0 Å². The maximum absolute atomic E-state index is 15.2. The van der Waals surface area contributed by atoms with Gasteiger partial charge in [-0.15, -0.1) is 0 Å². The van der Waals surface area contributed by atoms with Crippen LogP contribution < -0.4 is 10.6 Å². The SMILES string of the molecule is C/C(=C\C=C(/I)c1ccc(CC(NC(=O)c2ccc(-c3ccc(Cl)cc3)o2)C(=O)O)cc1F)c1ccc(NC(=O)OC(C)(C)C)cc1. The summed E-state index contributed by atoms with van der Waals surface area (Å²) in [6.07, 6.45) is 2.96. The van der Waals surface area contributed by atoms with Crippen molar-refractivity contribution in [2.75, 3.05) is 5.32 Å². The fourth-order valence-electron chi connectivity index (χ4n) is 4.40. The van der Waals surface area contributed by atoms with E-state index in [1.807, 2.05) is 47.7 Å². The number of anilines is 1. The molecule has 47 heavy (non-hydrogen) atoms. The molecule has 0 aliphatic carbocycles. The summed E-state index contributed by atoms with van der Waals surface area (Å²) in [5.41, 5.74) is 3.27. The second-order valence-electron chi connectivity index (χ2n) is 11.6. The molecule has 2 amide bonds. The number of carboxylic acid groups (broad SMARTS) is 1. The van der Waals surface area contributed by atoms with Gasteiger partial charge in [0.1, 0.15) is 23.2 Å². The molecule has 0 saturated carbocycles. The fourth-order valence-corrected chi connectivity index (χ4v) is 5.14. The minimum Gasteiger partial charge on any atom is -0.480 e. The molecule has 4 rings (SSSR count). The highest BCUT2D eigenvalue weighted by Crippen LogP contribution is 2.28. The van der Waals surface area contributed by atoms with E-state index in [9.17, 15) is 19.5 Å². The molecule has 4 aromatic rings. The Morgan fingerprint density at radius 3 is 2.30 bits per heavy atom. The summed E-state index contributed by atoms with van der Waals surface area (Å²) in [4.78, 5) is 36.8. The standard InChI is InChI=1S/C36H33ClFIN2O6/c1-21(23-9-13-26(14-10-23)40-35(45)47-36(2,3)4)5-16-29(39)27-15-6-22(19-28(27)38)20-30(34(43)44)41-33(42)32-18-17-31(46-32)24-7-11-25(37)12-8-24/h5-19,30H,20H2,1-4H3,(H,40,45)(H,41,42)(H,43,44)/b21-5+,29-16-. The molecule has 0 fully saturated rings. The summed E-state index contributed by atoms with van der Waals surface area (Å²) < 4.78 is 26.7. The van der Waals surface area contributed by atoms with Gasteiger partial charge in [-0.25, -0.2) is 14.0 Å². The van der Waals surface area contributed by atoms with Crippen LogP contribution in [0.4, 0.5) is 14.9 Å². The second kappa shape index (κ2) is 15.4. The third-order valence-electron chi connectivity index (χ3n) is 6.76. The smallest absolute Gasteiger partial charge is 0.412 e. The molecule has 0 saturated heterocycles. The number of nitrogens with one attached hydrogen (secondary N) is 2. The Hall–Kier alpha value is -4.42. The molecule has 3 aromatic carbocycles. The number of hydrogen-bond donors (Lipinski definition) is 3. The fraction of sp³-hybridized carbons (Fsp3) is 0.194. The van der Waals surface area contributed by atoms with Crippen molar-refractivity contribution in [2.45, 2.75) is 45.8 Å². The summed E-state index contributed by atoms with van der Waals surface area (Å²) in [6, 6.07) is 20.3. The van der Waals surface area contributed by atoms with Crippen LogP contribution in [0.5, 0.6) is 0 Å². The molecule has 0 bridgehead atoms. The lowest BCUT2D eigenvalue weighted by atomic mass is 10.0. The van der Waals surface area contributed by atoms with Gasteiger partial charge in [-0.2, -0.15) is 0 Å². The van der Waals surface area contributed by atoms with Gasteiger partial charge in [0.25, 0.3) is 5.91 Å². The van der Waals surface area contributed by atoms with Gasteiger partial charge in [-0.1, -0.05) is 41.9 Å². The van der Waals surface area contributed by atoms with Crippen LogP contribution in [0.15, 0.2) is 95.4 Å². The summed E-state index contributed by atoms with van der Waals surface area (Å²) in [5, 5.41) is 15.5. The van der Waals surface area contributed by atoms with E-state index in [-0.39, 0.29) is 12.2 Å². The number of furan rings is 1. The zero-order chi connectivity index (χ0) is 34.3. The zero-order valence-corrected chi connectivity index (χ0v) is 29.0. The van der Waals surface area contributed by atoms with Gasteiger partial charge < -0.3 is 19.6 Å². The Labute approximate surface area is 290 Å². The number of aliphatic carboxylic acids is 1. The molecule has 8 nitrogen and oxygen atoms in total. The first-order valence-corrected chi connectivity index (χ1v) is 16.0. The molecule has 1 unspecified atom stereocenters. The second-order valence-corrected chi connectivity index (χ2v) is 13.2. The number of carboxylic acids is 1. The van der Waals surface area contributed by atoms with Crippen LogP contribution in [0.3, 0.4) is 0 Å². The molecule has 11 heteroatoms. The van der Waals surface area contributed by atoms with Gasteiger partial charge >= 0.3 is 12.1 Å². The molecule has 0 radical (unpaired) electrons. The lowest BCUT2D eigenvalue weighted by Crippen LogP contribution is -2.42. The molecular formula is C36H33ClFIN2O6. The monoisotopic (exact) mass is 770 g/mol. The van der Waals surface area contributed by atoms with Crippen molar-refractivity contribution in [3.8, 4) is 11.3 Å². The predicted octanol–water partition coefficient (Wildman–Crippen LogP) is 9.39. The third-order valence-corrected chi connectivity index (χ3v) is 7.95. The first kappa shape index (κ1) is 35.4. The highest BCUT2D eigenvalue weighted by atomic mass is 127. The van der Waals surface area contributed by atoms with Gasteiger partial charge in [0.2, 0.25) is 0 Å². The number of benzene rings is 3. The molecule has 1 aromatic heterocycles. The minimum absolute atomic E-state index is 0.0563. The first-order chi connectivity index (χ1) is 22.2. The molecule has 0 spiro atoms. The van der Waals surface area contributed by atoms with Crippen molar-refractivity contribution in [3.63, 3.8) is 0 Å². The molecule has 1 heterocycles. The number of allylic oxidation sites excluding steroid dienone is 3. The van der Waals surface area contributed by atoms with E-state index >= 15 is 4.39 Å². The molecule has 0 aliphatic rings. The van der Waals surface area contributed by atoms with Crippen LogP contribution in [0.2, 0.25) is 5.02 Å². The van der Waals surface area contributed by atoms with E-state index in [2.05, 4.69) is 10.6 Å². The van der Waals surface area contributed by atoms with Gasteiger partial charge in [-0.05, 0) is 128 Å². The molecule has 244 valence electrons. The summed E-state index contributed by atoms with van der Waals surface area (Å²) in [6.45, 7) is 7.29. The van der Waals surface area contributed by atoms with E-state index < -0.39 is 35.4 Å². The van der Waals surface area contributed by atoms with Crippen LogP contribution in [-0.4, -0.2) is 34.7 Å². The highest BCUT2D eigenvalue weighted by molar-refractivity contribution is 14.1. The number of rotatable bonds is 10. The number of amides is 2. The average Bonchev–Trinajstić information content (AvgIpc) is 3.50. The van der Waals surface area contributed by atoms with Crippen molar-refractivity contribution in [3.05, 3.63) is 124 Å². The molecule has 3 N–H and O–H groups in total. The van der Waals surface area contributed by atoms with Crippen LogP contribution in [0.1, 0.15) is 54.9 Å². The van der Waals surface area contributed by atoms with Gasteiger partial charge in [0, 0.05) is 31.8 Å². The number of hydrogen-bond acceptors (Lipinski definition) is 5. The predicted molar refractivity (Wildman–Crippen MR) is 190 cm³/mol.